The molecular formula is C10H7O2. The zero-order valence-corrected chi connectivity index (χ0v) is 6.28. The third kappa shape index (κ3) is 0.975. The summed E-state index contributed by atoms with van der Waals surface area (Å²) in [7, 11) is 0. The molecule has 2 nitrogen and oxygen atoms in total. The van der Waals surface area contributed by atoms with Gasteiger partial charge in [0.1, 0.15) is 11.5 Å². The van der Waals surface area contributed by atoms with Crippen molar-refractivity contribution in [3.8, 4) is 11.5 Å². The molecule has 0 aromatic heterocycles. The third-order valence-electron chi connectivity index (χ3n) is 1.73. The van der Waals surface area contributed by atoms with E-state index in [-0.39, 0.29) is 11.5 Å². The maximum Gasteiger partial charge on any atom is 0.127 e. The SMILES string of the molecule is Oc1cc(O)c2[c]cccc2c1. The minimum atomic E-state index is 0.0607. The van der Waals surface area contributed by atoms with Crippen LogP contribution in [0.5, 0.6) is 11.5 Å². The fourth-order valence-corrected chi connectivity index (χ4v) is 1.21. The Kier molecular flexibility index (Phi) is 1.40. The molecular weight excluding hydrogens is 152 g/mol. The summed E-state index contributed by atoms with van der Waals surface area (Å²) in [6.45, 7) is 0. The van der Waals surface area contributed by atoms with Gasteiger partial charge in [0.2, 0.25) is 0 Å². The Morgan fingerprint density at radius 2 is 2.00 bits per heavy atom. The molecule has 0 fully saturated rings. The largest absolute Gasteiger partial charge is 0.508 e. The van der Waals surface area contributed by atoms with E-state index < -0.39 is 0 Å². The molecule has 12 heavy (non-hydrogen) atoms. The first-order chi connectivity index (χ1) is 5.77. The lowest BCUT2D eigenvalue weighted by Gasteiger charge is -2.00. The van der Waals surface area contributed by atoms with Crippen molar-refractivity contribution in [3.63, 3.8) is 0 Å². The van der Waals surface area contributed by atoms with Gasteiger partial charge in [-0.15, -0.1) is 0 Å². The first-order valence-electron chi connectivity index (χ1n) is 3.60. The van der Waals surface area contributed by atoms with E-state index >= 15 is 0 Å². The normalized spacial score (nSPS) is 10.3. The van der Waals surface area contributed by atoms with Gasteiger partial charge in [0.15, 0.2) is 0 Å². The van der Waals surface area contributed by atoms with E-state index in [0.717, 1.165) is 5.39 Å². The van der Waals surface area contributed by atoms with E-state index in [0.29, 0.717) is 5.39 Å². The van der Waals surface area contributed by atoms with Crippen LogP contribution in [0.25, 0.3) is 10.8 Å². The second-order valence-electron chi connectivity index (χ2n) is 2.60. The molecule has 0 atom stereocenters. The Hall–Kier alpha value is -1.70. The second kappa shape index (κ2) is 2.41. The van der Waals surface area contributed by atoms with Crippen LogP contribution in [0.3, 0.4) is 0 Å². The Morgan fingerprint density at radius 1 is 1.17 bits per heavy atom. The highest BCUT2D eigenvalue weighted by molar-refractivity contribution is 5.88. The predicted molar refractivity (Wildman–Crippen MR) is 46.1 cm³/mol. The number of benzene rings is 2. The van der Waals surface area contributed by atoms with E-state index in [1.807, 2.05) is 6.07 Å². The van der Waals surface area contributed by atoms with Crippen molar-refractivity contribution in [1.29, 1.82) is 0 Å². The summed E-state index contributed by atoms with van der Waals surface area (Å²) in [6, 6.07) is 11.1. The zero-order chi connectivity index (χ0) is 8.55. The van der Waals surface area contributed by atoms with E-state index in [4.69, 9.17) is 5.11 Å². The molecule has 2 N–H and O–H groups in total. The quantitative estimate of drug-likeness (QED) is 0.617. The molecule has 59 valence electrons. The molecule has 0 saturated carbocycles. The number of hydrogen-bond donors (Lipinski definition) is 2. The van der Waals surface area contributed by atoms with Crippen LogP contribution in [0.1, 0.15) is 0 Å². The van der Waals surface area contributed by atoms with E-state index in [9.17, 15) is 5.11 Å². The standard InChI is InChI=1S/C10H7O2/c11-8-5-7-3-1-2-4-9(7)10(12)6-8/h1-3,5-6,11-12H. The molecule has 0 aliphatic heterocycles. The number of rotatable bonds is 0. The monoisotopic (exact) mass is 159 g/mol. The minimum absolute atomic E-state index is 0.0607. The van der Waals surface area contributed by atoms with Crippen molar-refractivity contribution in [2.24, 2.45) is 0 Å². The minimum Gasteiger partial charge on any atom is -0.508 e. The molecule has 0 aliphatic carbocycles. The van der Waals surface area contributed by atoms with Gasteiger partial charge in [0.25, 0.3) is 0 Å². The molecule has 0 aliphatic rings. The maximum absolute atomic E-state index is 9.36. The molecule has 0 spiro atoms. The molecule has 0 saturated heterocycles. The lowest BCUT2D eigenvalue weighted by molar-refractivity contribution is 0.455. The van der Waals surface area contributed by atoms with Crippen LogP contribution in [0, 0.1) is 6.07 Å². The fraction of sp³-hybridized carbons (Fsp3) is 0. The summed E-state index contributed by atoms with van der Waals surface area (Å²) < 4.78 is 0. The van der Waals surface area contributed by atoms with Gasteiger partial charge in [-0.3, -0.25) is 0 Å². The van der Waals surface area contributed by atoms with Crippen molar-refractivity contribution >= 4 is 10.8 Å². The van der Waals surface area contributed by atoms with Crippen LogP contribution in [-0.2, 0) is 0 Å². The van der Waals surface area contributed by atoms with Gasteiger partial charge in [0.05, 0.1) is 0 Å². The van der Waals surface area contributed by atoms with Gasteiger partial charge < -0.3 is 10.2 Å². The van der Waals surface area contributed by atoms with Crippen molar-refractivity contribution in [2.45, 2.75) is 0 Å². The summed E-state index contributed by atoms with van der Waals surface area (Å²) in [5, 5.41) is 19.9. The zero-order valence-electron chi connectivity index (χ0n) is 6.28. The first kappa shape index (κ1) is 6.98. The molecule has 0 heterocycles. The average Bonchev–Trinajstić information content (AvgIpc) is 2.04. The highest BCUT2D eigenvalue weighted by Crippen LogP contribution is 2.28. The molecule has 2 aromatic carbocycles. The Balaban J connectivity index is 2.89. The van der Waals surface area contributed by atoms with Crippen LogP contribution < -0.4 is 0 Å². The summed E-state index contributed by atoms with van der Waals surface area (Å²) >= 11 is 0. The van der Waals surface area contributed by atoms with Crippen molar-refractivity contribution in [2.75, 3.05) is 0 Å². The molecule has 1 radical (unpaired) electrons. The molecule has 2 rings (SSSR count). The van der Waals surface area contributed by atoms with Gasteiger partial charge in [0, 0.05) is 11.5 Å². The third-order valence-corrected chi connectivity index (χ3v) is 1.73. The van der Waals surface area contributed by atoms with Gasteiger partial charge in [-0.2, -0.15) is 0 Å². The van der Waals surface area contributed by atoms with E-state index in [2.05, 4.69) is 6.07 Å². The summed E-state index contributed by atoms with van der Waals surface area (Å²) in [5.74, 6) is 0.130. The van der Waals surface area contributed by atoms with Gasteiger partial charge in [-0.25, -0.2) is 0 Å². The van der Waals surface area contributed by atoms with E-state index in [1.165, 1.54) is 6.07 Å². The topological polar surface area (TPSA) is 40.5 Å². The van der Waals surface area contributed by atoms with Gasteiger partial charge in [-0.1, -0.05) is 18.2 Å². The van der Waals surface area contributed by atoms with Crippen molar-refractivity contribution in [3.05, 3.63) is 36.4 Å². The number of aromatic hydroxyl groups is 2. The molecule has 0 unspecified atom stereocenters. The summed E-state index contributed by atoms with van der Waals surface area (Å²) in [5.41, 5.74) is 0. The highest BCUT2D eigenvalue weighted by Gasteiger charge is 2.00. The van der Waals surface area contributed by atoms with Crippen molar-refractivity contribution in [1.82, 2.24) is 0 Å². The Labute approximate surface area is 69.7 Å². The average molecular weight is 159 g/mol. The molecule has 2 heteroatoms. The van der Waals surface area contributed by atoms with Crippen molar-refractivity contribution < 1.29 is 10.2 Å². The van der Waals surface area contributed by atoms with Gasteiger partial charge in [-0.05, 0) is 17.5 Å². The lowest BCUT2D eigenvalue weighted by Crippen LogP contribution is -1.73. The van der Waals surface area contributed by atoms with Crippen LogP contribution in [0.4, 0.5) is 0 Å². The number of hydrogen-bond acceptors (Lipinski definition) is 2. The number of phenolic OH excluding ortho intramolecular Hbond substituents is 2. The Bertz CT molecular complexity index is 421. The van der Waals surface area contributed by atoms with Gasteiger partial charge >= 0.3 is 0 Å². The Morgan fingerprint density at radius 3 is 2.83 bits per heavy atom. The molecule has 0 bridgehead atoms. The second-order valence-corrected chi connectivity index (χ2v) is 2.60. The van der Waals surface area contributed by atoms with E-state index in [1.54, 1.807) is 18.2 Å². The molecule has 2 aromatic rings. The molecule has 0 amide bonds. The first-order valence-corrected chi connectivity index (χ1v) is 3.60. The summed E-state index contributed by atoms with van der Waals surface area (Å²) in [4.78, 5) is 0. The van der Waals surface area contributed by atoms with Crippen LogP contribution in [-0.4, -0.2) is 10.2 Å². The lowest BCUT2D eigenvalue weighted by atomic mass is 10.1. The van der Waals surface area contributed by atoms with Crippen LogP contribution in [0.15, 0.2) is 30.3 Å². The van der Waals surface area contributed by atoms with Crippen LogP contribution in [0.2, 0.25) is 0 Å². The smallest absolute Gasteiger partial charge is 0.127 e. The highest BCUT2D eigenvalue weighted by atomic mass is 16.3. The van der Waals surface area contributed by atoms with Crippen LogP contribution >= 0.6 is 0 Å². The maximum atomic E-state index is 9.36. The number of fused-ring (bicyclic) bond motifs is 1. The fourth-order valence-electron chi connectivity index (χ4n) is 1.21. The number of phenols is 2. The summed E-state index contributed by atoms with van der Waals surface area (Å²) in [6.07, 6.45) is 0. The predicted octanol–water partition coefficient (Wildman–Crippen LogP) is 2.05.